The van der Waals surface area contributed by atoms with Crippen LogP contribution in [0.25, 0.3) is 0 Å². The van der Waals surface area contributed by atoms with Crippen molar-refractivity contribution in [2.24, 2.45) is 0 Å². The lowest BCUT2D eigenvalue weighted by Crippen LogP contribution is -2.18. The number of hydrogen-bond acceptors (Lipinski definition) is 3. The van der Waals surface area contributed by atoms with Crippen LogP contribution >= 0.6 is 0 Å². The lowest BCUT2D eigenvalue weighted by Gasteiger charge is -2.08. The van der Waals surface area contributed by atoms with Crippen molar-refractivity contribution in [2.75, 3.05) is 20.3 Å². The zero-order valence-electron chi connectivity index (χ0n) is 13.4. The fourth-order valence-corrected chi connectivity index (χ4v) is 2.29. The van der Waals surface area contributed by atoms with Gasteiger partial charge in [-0.05, 0) is 37.5 Å². The van der Waals surface area contributed by atoms with Crippen LogP contribution in [-0.2, 0) is 17.8 Å². The van der Waals surface area contributed by atoms with E-state index in [0.29, 0.717) is 0 Å². The van der Waals surface area contributed by atoms with E-state index in [2.05, 4.69) is 54.1 Å². The summed E-state index contributed by atoms with van der Waals surface area (Å²) in [4.78, 5) is 0. The summed E-state index contributed by atoms with van der Waals surface area (Å²) in [5.41, 5.74) is 6.43. The van der Waals surface area contributed by atoms with Crippen LogP contribution in [0, 0.1) is 20.8 Å². The molecule has 4 heteroatoms. The van der Waals surface area contributed by atoms with E-state index in [1.807, 2.05) is 6.20 Å². The molecule has 0 bridgehead atoms. The molecule has 0 unspecified atom stereocenters. The number of ether oxygens (including phenoxy) is 1. The minimum absolute atomic E-state index is 0.732. The molecule has 0 fully saturated rings. The maximum atomic E-state index is 5.03. The van der Waals surface area contributed by atoms with Gasteiger partial charge in [-0.25, -0.2) is 0 Å². The molecule has 1 aromatic carbocycles. The van der Waals surface area contributed by atoms with Crippen molar-refractivity contribution < 1.29 is 4.74 Å². The molecule has 0 amide bonds. The summed E-state index contributed by atoms with van der Waals surface area (Å²) in [7, 11) is 1.72. The summed E-state index contributed by atoms with van der Waals surface area (Å²) < 4.78 is 7.10. The molecule has 0 saturated heterocycles. The minimum Gasteiger partial charge on any atom is -0.383 e. The quantitative estimate of drug-likeness (QED) is 0.796. The number of rotatable bonds is 7. The molecule has 0 aliphatic carbocycles. The van der Waals surface area contributed by atoms with Gasteiger partial charge in [0.05, 0.1) is 19.3 Å². The fraction of sp³-hybridized carbons (Fsp3) is 0.471. The van der Waals surface area contributed by atoms with Gasteiger partial charge in [0.25, 0.3) is 0 Å². The molecule has 0 spiro atoms. The van der Waals surface area contributed by atoms with Crippen molar-refractivity contribution in [1.82, 2.24) is 15.1 Å². The second kappa shape index (κ2) is 7.38. The molecule has 1 N–H and O–H groups in total. The Morgan fingerprint density at radius 3 is 2.71 bits per heavy atom. The summed E-state index contributed by atoms with van der Waals surface area (Å²) in [5, 5.41) is 7.87. The predicted octanol–water partition coefficient (Wildman–Crippen LogP) is 2.59. The third kappa shape index (κ3) is 4.16. The highest BCUT2D eigenvalue weighted by Crippen LogP contribution is 2.13. The van der Waals surface area contributed by atoms with Gasteiger partial charge in [-0.1, -0.05) is 18.2 Å². The summed E-state index contributed by atoms with van der Waals surface area (Å²) in [6.07, 6.45) is 1.95. The molecule has 0 atom stereocenters. The molecular formula is C17H25N3O. The molecule has 1 aromatic heterocycles. The summed E-state index contributed by atoms with van der Waals surface area (Å²) in [6.45, 7) is 9.67. The third-order valence-electron chi connectivity index (χ3n) is 3.91. The Bertz CT molecular complexity index is 590. The molecule has 21 heavy (non-hydrogen) atoms. The van der Waals surface area contributed by atoms with Gasteiger partial charge in [-0.15, -0.1) is 0 Å². The number of hydrogen-bond donors (Lipinski definition) is 1. The first kappa shape index (κ1) is 15.7. The van der Waals surface area contributed by atoms with Crippen molar-refractivity contribution in [3.63, 3.8) is 0 Å². The third-order valence-corrected chi connectivity index (χ3v) is 3.91. The summed E-state index contributed by atoms with van der Waals surface area (Å²) in [5.74, 6) is 0. The Balaban J connectivity index is 2.00. The summed E-state index contributed by atoms with van der Waals surface area (Å²) in [6, 6.07) is 6.60. The van der Waals surface area contributed by atoms with Crippen LogP contribution in [0.1, 0.15) is 27.9 Å². The lowest BCUT2D eigenvalue weighted by atomic mass is 10.1. The van der Waals surface area contributed by atoms with Crippen LogP contribution in [-0.4, -0.2) is 30.0 Å². The maximum Gasteiger partial charge on any atom is 0.0662 e. The highest BCUT2D eigenvalue weighted by Gasteiger charge is 2.07. The van der Waals surface area contributed by atoms with Gasteiger partial charge in [0, 0.05) is 31.5 Å². The minimum atomic E-state index is 0.732. The van der Waals surface area contributed by atoms with Crippen LogP contribution in [0.4, 0.5) is 0 Å². The Labute approximate surface area is 127 Å². The molecule has 2 aromatic rings. The van der Waals surface area contributed by atoms with Crippen molar-refractivity contribution in [1.29, 1.82) is 0 Å². The number of methoxy groups -OCH3 is 1. The highest BCUT2D eigenvalue weighted by molar-refractivity contribution is 5.30. The fourth-order valence-electron chi connectivity index (χ4n) is 2.29. The topological polar surface area (TPSA) is 39.1 Å². The standard InChI is InChI=1S/C17H25N3O/c1-13-5-6-16(9-14(13)2)12-20-15(3)17(11-19-20)10-18-7-8-21-4/h5-6,9,11,18H,7-8,10,12H2,1-4H3. The largest absolute Gasteiger partial charge is 0.383 e. The van der Waals surface area contributed by atoms with Crippen LogP contribution in [0.3, 0.4) is 0 Å². The normalized spacial score (nSPS) is 11.0. The predicted molar refractivity (Wildman–Crippen MR) is 85.6 cm³/mol. The van der Waals surface area contributed by atoms with Gasteiger partial charge in [0.2, 0.25) is 0 Å². The van der Waals surface area contributed by atoms with Crippen molar-refractivity contribution >= 4 is 0 Å². The smallest absolute Gasteiger partial charge is 0.0662 e. The Morgan fingerprint density at radius 2 is 2.00 bits per heavy atom. The van der Waals surface area contributed by atoms with Crippen LogP contribution in [0.5, 0.6) is 0 Å². The lowest BCUT2D eigenvalue weighted by molar-refractivity contribution is 0.199. The van der Waals surface area contributed by atoms with Crippen molar-refractivity contribution in [2.45, 2.75) is 33.9 Å². The molecule has 1 heterocycles. The van der Waals surface area contributed by atoms with Crippen LogP contribution < -0.4 is 5.32 Å². The number of benzene rings is 1. The Kier molecular flexibility index (Phi) is 5.53. The molecule has 0 saturated carbocycles. The van der Waals surface area contributed by atoms with Gasteiger partial charge in [0.15, 0.2) is 0 Å². The first-order chi connectivity index (χ1) is 10.1. The van der Waals surface area contributed by atoms with E-state index in [1.54, 1.807) is 7.11 Å². The summed E-state index contributed by atoms with van der Waals surface area (Å²) >= 11 is 0. The molecule has 0 aliphatic heterocycles. The number of aryl methyl sites for hydroxylation is 2. The SMILES string of the molecule is COCCNCc1cnn(Cc2ccc(C)c(C)c2)c1C. The average molecular weight is 287 g/mol. The second-order valence-electron chi connectivity index (χ2n) is 5.50. The molecule has 2 rings (SSSR count). The molecule has 0 aliphatic rings. The highest BCUT2D eigenvalue weighted by atomic mass is 16.5. The van der Waals surface area contributed by atoms with E-state index in [-0.39, 0.29) is 0 Å². The maximum absolute atomic E-state index is 5.03. The first-order valence-corrected chi connectivity index (χ1v) is 7.39. The van der Waals surface area contributed by atoms with Gasteiger partial charge in [0.1, 0.15) is 0 Å². The number of nitrogens with one attached hydrogen (secondary N) is 1. The van der Waals surface area contributed by atoms with Gasteiger partial charge >= 0.3 is 0 Å². The zero-order valence-corrected chi connectivity index (χ0v) is 13.4. The Morgan fingerprint density at radius 1 is 1.19 bits per heavy atom. The van der Waals surface area contributed by atoms with Crippen LogP contribution in [0.15, 0.2) is 24.4 Å². The zero-order chi connectivity index (χ0) is 15.2. The van der Waals surface area contributed by atoms with Gasteiger partial charge in [-0.2, -0.15) is 5.10 Å². The van der Waals surface area contributed by atoms with E-state index >= 15 is 0 Å². The molecule has 4 nitrogen and oxygen atoms in total. The molecular weight excluding hydrogens is 262 g/mol. The van der Waals surface area contributed by atoms with Crippen molar-refractivity contribution in [3.05, 3.63) is 52.3 Å². The van der Waals surface area contributed by atoms with E-state index in [0.717, 1.165) is 26.2 Å². The second-order valence-corrected chi connectivity index (χ2v) is 5.50. The van der Waals surface area contributed by atoms with E-state index < -0.39 is 0 Å². The first-order valence-electron chi connectivity index (χ1n) is 7.39. The van der Waals surface area contributed by atoms with Crippen molar-refractivity contribution in [3.8, 4) is 0 Å². The average Bonchev–Trinajstić information content (AvgIpc) is 2.80. The van der Waals surface area contributed by atoms with Crippen LogP contribution in [0.2, 0.25) is 0 Å². The molecule has 114 valence electrons. The monoisotopic (exact) mass is 287 g/mol. The van der Waals surface area contributed by atoms with E-state index in [4.69, 9.17) is 4.74 Å². The Hall–Kier alpha value is -1.65. The van der Waals surface area contributed by atoms with Gasteiger partial charge in [-0.3, -0.25) is 4.68 Å². The number of aromatic nitrogens is 2. The molecule has 0 radical (unpaired) electrons. The number of nitrogens with zero attached hydrogens (tertiary/aromatic N) is 2. The van der Waals surface area contributed by atoms with E-state index in [9.17, 15) is 0 Å². The van der Waals surface area contributed by atoms with Gasteiger partial charge < -0.3 is 10.1 Å². The van der Waals surface area contributed by atoms with E-state index in [1.165, 1.54) is 27.9 Å².